The molecule has 0 radical (unpaired) electrons. The number of aryl methyl sites for hydroxylation is 1. The normalized spacial score (nSPS) is 16.4. The van der Waals surface area contributed by atoms with Crippen LogP contribution >= 0.6 is 0 Å². The summed E-state index contributed by atoms with van der Waals surface area (Å²) in [6, 6.07) is 15.1. The number of ether oxygens (including phenoxy) is 1. The lowest BCUT2D eigenvalue weighted by molar-refractivity contribution is 0.208. The summed E-state index contributed by atoms with van der Waals surface area (Å²) in [5, 5.41) is 7.54. The van der Waals surface area contributed by atoms with Crippen molar-refractivity contribution in [2.75, 3.05) is 81.6 Å². The molecule has 0 unspecified atom stereocenters. The lowest BCUT2D eigenvalue weighted by atomic mass is 10.2. The number of hydrogen-bond acceptors (Lipinski definition) is 7. The molecule has 3 heterocycles. The minimum Gasteiger partial charge on any atom is -0.495 e. The van der Waals surface area contributed by atoms with E-state index in [0.29, 0.717) is 43.3 Å². The summed E-state index contributed by atoms with van der Waals surface area (Å²) >= 11 is 0. The molecule has 2 amide bonds. The van der Waals surface area contributed by atoms with E-state index in [-0.39, 0.29) is 11.6 Å². The van der Waals surface area contributed by atoms with Gasteiger partial charge >= 0.3 is 6.03 Å². The topological polar surface area (TPSA) is 86.2 Å². The number of methoxy groups -OCH3 is 1. The second-order valence-corrected chi connectivity index (χ2v) is 9.83. The van der Waals surface area contributed by atoms with Crippen LogP contribution in [0.25, 0.3) is 5.69 Å². The van der Waals surface area contributed by atoms with Gasteiger partial charge in [0, 0.05) is 52.4 Å². The Morgan fingerprint density at radius 2 is 1.61 bits per heavy atom. The number of amides is 2. The molecule has 0 bridgehead atoms. The summed E-state index contributed by atoms with van der Waals surface area (Å²) in [6.45, 7) is 7.59. The van der Waals surface area contributed by atoms with E-state index < -0.39 is 0 Å². The molecule has 1 N–H and O–H groups in total. The van der Waals surface area contributed by atoms with Crippen molar-refractivity contribution in [1.82, 2.24) is 19.6 Å². The second-order valence-electron chi connectivity index (χ2n) is 9.83. The predicted molar refractivity (Wildman–Crippen MR) is 150 cm³/mol. The molecule has 5 rings (SSSR count). The number of likely N-dealkylation sites (N-methyl/N-ethyl adjacent to an activating group) is 1. The number of benzene rings is 2. The van der Waals surface area contributed by atoms with Crippen molar-refractivity contribution in [3.05, 3.63) is 70.6 Å². The van der Waals surface area contributed by atoms with Crippen LogP contribution in [0.3, 0.4) is 0 Å². The lowest BCUT2D eigenvalue weighted by Crippen LogP contribution is -2.52. The Labute approximate surface area is 223 Å². The van der Waals surface area contributed by atoms with E-state index >= 15 is 0 Å². The number of rotatable bonds is 5. The van der Waals surface area contributed by atoms with Crippen molar-refractivity contribution in [1.29, 1.82) is 0 Å². The van der Waals surface area contributed by atoms with Gasteiger partial charge in [0.25, 0.3) is 5.56 Å². The minimum absolute atomic E-state index is 0.120. The first-order valence-electron chi connectivity index (χ1n) is 13.0. The highest BCUT2D eigenvalue weighted by atomic mass is 16.5. The molecule has 10 heteroatoms. The van der Waals surface area contributed by atoms with Gasteiger partial charge in [0.05, 0.1) is 30.4 Å². The first-order valence-corrected chi connectivity index (χ1v) is 13.0. The van der Waals surface area contributed by atoms with Gasteiger partial charge in [-0.25, -0.2) is 4.79 Å². The Balaban J connectivity index is 1.36. The van der Waals surface area contributed by atoms with Crippen LogP contribution in [-0.2, 0) is 0 Å². The number of para-hydroxylation sites is 1. The molecule has 38 heavy (non-hydrogen) atoms. The number of aromatic nitrogens is 2. The Kier molecular flexibility index (Phi) is 7.50. The fourth-order valence-corrected chi connectivity index (χ4v) is 5.01. The van der Waals surface area contributed by atoms with Crippen LogP contribution in [0.2, 0.25) is 0 Å². The molecule has 1 aromatic heterocycles. The fourth-order valence-electron chi connectivity index (χ4n) is 5.01. The van der Waals surface area contributed by atoms with Gasteiger partial charge in [-0.1, -0.05) is 24.3 Å². The first-order chi connectivity index (χ1) is 18.4. The Hall–Kier alpha value is -4.05. The molecule has 0 atom stereocenters. The number of nitrogens with zero attached hydrogens (tertiary/aromatic N) is 6. The van der Waals surface area contributed by atoms with Crippen molar-refractivity contribution in [2.24, 2.45) is 0 Å². The van der Waals surface area contributed by atoms with E-state index in [1.807, 2.05) is 55.5 Å². The Morgan fingerprint density at radius 3 is 2.29 bits per heavy atom. The van der Waals surface area contributed by atoms with Gasteiger partial charge < -0.3 is 29.7 Å². The maximum absolute atomic E-state index is 13.8. The second kappa shape index (κ2) is 11.1. The third kappa shape index (κ3) is 5.31. The standard InChI is InChI=1S/C28H35N7O3/c1-21-9-10-25(38-3)23(19-21)30-28(37)34-17-15-32(16-18-34)24-20-29-35(22-7-5-4-6-8-22)27(36)26(24)33-13-11-31(2)12-14-33/h4-10,19-20H,11-18H2,1-3H3,(H,30,37). The molecule has 0 spiro atoms. The van der Waals surface area contributed by atoms with Gasteiger partial charge in [0.2, 0.25) is 0 Å². The average molecular weight is 518 g/mol. The number of carbonyl (C=O) groups is 1. The molecule has 2 fully saturated rings. The van der Waals surface area contributed by atoms with Gasteiger partial charge in [-0.3, -0.25) is 4.79 Å². The van der Waals surface area contributed by atoms with Crippen molar-refractivity contribution in [2.45, 2.75) is 6.92 Å². The predicted octanol–water partition coefficient (Wildman–Crippen LogP) is 2.66. The minimum atomic E-state index is -0.162. The summed E-state index contributed by atoms with van der Waals surface area (Å²) in [5.41, 5.74) is 3.83. The molecule has 2 aliphatic rings. The Bertz CT molecular complexity index is 1330. The van der Waals surface area contributed by atoms with Crippen molar-refractivity contribution < 1.29 is 9.53 Å². The van der Waals surface area contributed by atoms with Crippen molar-refractivity contribution in [3.63, 3.8) is 0 Å². The zero-order valence-electron chi connectivity index (χ0n) is 22.3. The molecule has 2 aliphatic heterocycles. The summed E-state index contributed by atoms with van der Waals surface area (Å²) in [5.74, 6) is 0.629. The van der Waals surface area contributed by atoms with Crippen LogP contribution in [0.5, 0.6) is 5.75 Å². The number of piperazine rings is 2. The summed E-state index contributed by atoms with van der Waals surface area (Å²) in [4.78, 5) is 35.3. The van der Waals surface area contributed by atoms with Crippen LogP contribution in [-0.4, -0.2) is 92.1 Å². The largest absolute Gasteiger partial charge is 0.495 e. The summed E-state index contributed by atoms with van der Waals surface area (Å²) in [6.07, 6.45) is 1.80. The van der Waals surface area contributed by atoms with E-state index in [9.17, 15) is 9.59 Å². The maximum atomic E-state index is 13.8. The zero-order valence-corrected chi connectivity index (χ0v) is 22.3. The average Bonchev–Trinajstić information content (AvgIpc) is 2.94. The van der Waals surface area contributed by atoms with Crippen LogP contribution in [0, 0.1) is 6.92 Å². The van der Waals surface area contributed by atoms with E-state index in [0.717, 1.165) is 43.1 Å². The van der Waals surface area contributed by atoms with Gasteiger partial charge in [-0.05, 0) is 43.8 Å². The van der Waals surface area contributed by atoms with E-state index in [4.69, 9.17) is 4.74 Å². The SMILES string of the molecule is COc1ccc(C)cc1NC(=O)N1CCN(c2cnn(-c3ccccc3)c(=O)c2N2CCN(C)CC2)CC1. The fraction of sp³-hybridized carbons (Fsp3) is 0.393. The third-order valence-electron chi connectivity index (χ3n) is 7.26. The quantitative estimate of drug-likeness (QED) is 0.557. The van der Waals surface area contributed by atoms with Crippen LogP contribution in [0.15, 0.2) is 59.5 Å². The number of nitrogens with one attached hydrogen (secondary N) is 1. The smallest absolute Gasteiger partial charge is 0.322 e. The molecule has 10 nitrogen and oxygen atoms in total. The summed E-state index contributed by atoms with van der Waals surface area (Å²) in [7, 11) is 3.69. The molecular formula is C28H35N7O3. The molecule has 2 aromatic carbocycles. The molecule has 3 aromatic rings. The van der Waals surface area contributed by atoms with Gasteiger partial charge in [-0.2, -0.15) is 9.78 Å². The van der Waals surface area contributed by atoms with Crippen molar-refractivity contribution >= 4 is 23.1 Å². The van der Waals surface area contributed by atoms with Crippen LogP contribution in [0.4, 0.5) is 21.9 Å². The number of anilines is 3. The van der Waals surface area contributed by atoms with E-state index in [1.54, 1.807) is 18.2 Å². The highest BCUT2D eigenvalue weighted by Crippen LogP contribution is 2.29. The number of carbonyl (C=O) groups excluding carboxylic acids is 1. The van der Waals surface area contributed by atoms with E-state index in [1.165, 1.54) is 4.68 Å². The van der Waals surface area contributed by atoms with Crippen LogP contribution < -0.4 is 25.4 Å². The number of urea groups is 1. The van der Waals surface area contributed by atoms with E-state index in [2.05, 4.69) is 32.2 Å². The van der Waals surface area contributed by atoms with Gasteiger partial charge in [-0.15, -0.1) is 0 Å². The summed E-state index contributed by atoms with van der Waals surface area (Å²) < 4.78 is 6.89. The van der Waals surface area contributed by atoms with Crippen molar-refractivity contribution in [3.8, 4) is 11.4 Å². The molecule has 200 valence electrons. The first kappa shape index (κ1) is 25.6. The van der Waals surface area contributed by atoms with Gasteiger partial charge in [0.1, 0.15) is 11.4 Å². The maximum Gasteiger partial charge on any atom is 0.322 e. The lowest BCUT2D eigenvalue weighted by Gasteiger charge is -2.39. The number of hydrogen-bond donors (Lipinski definition) is 1. The molecule has 0 aliphatic carbocycles. The third-order valence-corrected chi connectivity index (χ3v) is 7.26. The molecular weight excluding hydrogens is 482 g/mol. The van der Waals surface area contributed by atoms with Gasteiger partial charge in [0.15, 0.2) is 0 Å². The monoisotopic (exact) mass is 517 g/mol. The molecule has 0 saturated carbocycles. The highest BCUT2D eigenvalue weighted by Gasteiger charge is 2.28. The Morgan fingerprint density at radius 1 is 0.921 bits per heavy atom. The highest BCUT2D eigenvalue weighted by molar-refractivity contribution is 5.91. The zero-order chi connectivity index (χ0) is 26.6. The molecule has 2 saturated heterocycles. The van der Waals surface area contributed by atoms with Crippen LogP contribution in [0.1, 0.15) is 5.56 Å².